The van der Waals surface area contributed by atoms with Crippen LogP contribution in [0.3, 0.4) is 0 Å². The van der Waals surface area contributed by atoms with E-state index in [9.17, 15) is 4.79 Å². The summed E-state index contributed by atoms with van der Waals surface area (Å²) in [5, 5.41) is 8.95. The van der Waals surface area contributed by atoms with Crippen LogP contribution in [-0.4, -0.2) is 31.1 Å². The van der Waals surface area contributed by atoms with Crippen LogP contribution in [0.15, 0.2) is 54.6 Å². The second-order valence-corrected chi connectivity index (χ2v) is 6.15. The van der Waals surface area contributed by atoms with Crippen LogP contribution >= 0.6 is 0 Å². The molecule has 3 rings (SSSR count). The lowest BCUT2D eigenvalue weighted by Crippen LogP contribution is -2.24. The second kappa shape index (κ2) is 7.29. The predicted molar refractivity (Wildman–Crippen MR) is 91.1 cm³/mol. The van der Waals surface area contributed by atoms with Gasteiger partial charge < -0.3 is 4.74 Å². The molecule has 0 amide bonds. The summed E-state index contributed by atoms with van der Waals surface area (Å²) in [6, 6.07) is 19.9. The molecule has 24 heavy (non-hydrogen) atoms. The fourth-order valence-corrected chi connectivity index (χ4v) is 3.39. The number of hydrogen-bond acceptors (Lipinski definition) is 4. The van der Waals surface area contributed by atoms with Gasteiger partial charge in [-0.25, -0.2) is 0 Å². The van der Waals surface area contributed by atoms with Crippen LogP contribution < -0.4 is 0 Å². The summed E-state index contributed by atoms with van der Waals surface area (Å²) >= 11 is 0. The number of carbonyl (C=O) groups excluding carboxylic acids is 1. The van der Waals surface area contributed by atoms with Crippen molar-refractivity contribution in [2.75, 3.05) is 20.2 Å². The summed E-state index contributed by atoms with van der Waals surface area (Å²) in [6.45, 7) is 2.31. The van der Waals surface area contributed by atoms with Gasteiger partial charge in [-0.15, -0.1) is 0 Å². The van der Waals surface area contributed by atoms with E-state index in [0.29, 0.717) is 12.1 Å². The second-order valence-electron chi connectivity index (χ2n) is 6.15. The first kappa shape index (κ1) is 16.2. The zero-order valence-electron chi connectivity index (χ0n) is 13.7. The zero-order chi connectivity index (χ0) is 16.9. The molecule has 2 aromatic rings. The van der Waals surface area contributed by atoms with Gasteiger partial charge in [0.05, 0.1) is 24.7 Å². The molecular weight excluding hydrogens is 300 g/mol. The molecule has 0 aromatic heterocycles. The van der Waals surface area contributed by atoms with E-state index < -0.39 is 0 Å². The molecule has 2 atom stereocenters. The number of carbonyl (C=O) groups is 1. The molecule has 1 heterocycles. The van der Waals surface area contributed by atoms with Crippen molar-refractivity contribution in [3.63, 3.8) is 0 Å². The number of benzene rings is 2. The van der Waals surface area contributed by atoms with E-state index in [2.05, 4.69) is 23.1 Å². The van der Waals surface area contributed by atoms with E-state index >= 15 is 0 Å². The number of esters is 1. The average Bonchev–Trinajstić information content (AvgIpc) is 3.05. The highest BCUT2D eigenvalue weighted by molar-refractivity contribution is 5.74. The zero-order valence-corrected chi connectivity index (χ0v) is 13.7. The largest absolute Gasteiger partial charge is 0.469 e. The molecular formula is C20H20N2O2. The van der Waals surface area contributed by atoms with Crippen LogP contribution in [0.25, 0.3) is 0 Å². The molecule has 0 saturated carbocycles. The van der Waals surface area contributed by atoms with Gasteiger partial charge in [-0.05, 0) is 23.3 Å². The third kappa shape index (κ3) is 3.47. The first-order valence-corrected chi connectivity index (χ1v) is 8.05. The fraction of sp³-hybridized carbons (Fsp3) is 0.300. The Morgan fingerprint density at radius 3 is 2.50 bits per heavy atom. The van der Waals surface area contributed by atoms with Gasteiger partial charge in [-0.3, -0.25) is 9.69 Å². The van der Waals surface area contributed by atoms with Crippen LogP contribution in [-0.2, 0) is 16.1 Å². The summed E-state index contributed by atoms with van der Waals surface area (Å²) in [5.74, 6) is -0.250. The lowest BCUT2D eigenvalue weighted by atomic mass is 9.88. The normalized spacial score (nSPS) is 20.5. The lowest BCUT2D eigenvalue weighted by molar-refractivity contribution is -0.145. The minimum absolute atomic E-state index is 0.0916. The van der Waals surface area contributed by atoms with E-state index in [-0.39, 0.29) is 17.8 Å². The van der Waals surface area contributed by atoms with Crippen molar-refractivity contribution < 1.29 is 9.53 Å². The molecule has 0 N–H and O–H groups in total. The van der Waals surface area contributed by atoms with Crippen LogP contribution in [0.5, 0.6) is 0 Å². The monoisotopic (exact) mass is 320 g/mol. The molecule has 1 saturated heterocycles. The van der Waals surface area contributed by atoms with Crippen molar-refractivity contribution in [3.05, 3.63) is 71.3 Å². The summed E-state index contributed by atoms with van der Waals surface area (Å²) in [5.41, 5.74) is 2.95. The Hall–Kier alpha value is -2.64. The summed E-state index contributed by atoms with van der Waals surface area (Å²) in [6.07, 6.45) is 0. The maximum absolute atomic E-state index is 12.2. The van der Waals surface area contributed by atoms with E-state index in [4.69, 9.17) is 10.00 Å². The van der Waals surface area contributed by atoms with Crippen LogP contribution in [0.2, 0.25) is 0 Å². The SMILES string of the molecule is COC(=O)[C@@H]1CN(Cc2ccccc2)CC1c1ccc(C#N)cc1. The molecule has 4 nitrogen and oxygen atoms in total. The van der Waals surface area contributed by atoms with Gasteiger partial charge in [0, 0.05) is 25.6 Å². The van der Waals surface area contributed by atoms with Crippen LogP contribution in [0.4, 0.5) is 0 Å². The molecule has 0 spiro atoms. The van der Waals surface area contributed by atoms with Crippen molar-refractivity contribution in [3.8, 4) is 6.07 Å². The number of ether oxygens (including phenoxy) is 1. The Morgan fingerprint density at radius 2 is 1.88 bits per heavy atom. The maximum atomic E-state index is 12.2. The van der Waals surface area contributed by atoms with Gasteiger partial charge in [0.2, 0.25) is 0 Å². The predicted octanol–water partition coefficient (Wildman–Crippen LogP) is 2.95. The minimum Gasteiger partial charge on any atom is -0.469 e. The van der Waals surface area contributed by atoms with Crippen molar-refractivity contribution in [1.29, 1.82) is 5.26 Å². The van der Waals surface area contributed by atoms with Crippen molar-refractivity contribution in [2.24, 2.45) is 5.92 Å². The first-order valence-electron chi connectivity index (χ1n) is 8.05. The van der Waals surface area contributed by atoms with Gasteiger partial charge >= 0.3 is 5.97 Å². The molecule has 122 valence electrons. The molecule has 1 aliphatic heterocycles. The number of hydrogen-bond donors (Lipinski definition) is 0. The van der Waals surface area contributed by atoms with E-state index in [0.717, 1.165) is 18.7 Å². The number of methoxy groups -OCH3 is 1. The Balaban J connectivity index is 1.80. The van der Waals surface area contributed by atoms with Gasteiger partial charge in [-0.2, -0.15) is 5.26 Å². The molecule has 4 heteroatoms. The highest BCUT2D eigenvalue weighted by atomic mass is 16.5. The first-order chi connectivity index (χ1) is 11.7. The van der Waals surface area contributed by atoms with Gasteiger partial charge in [0.25, 0.3) is 0 Å². The number of likely N-dealkylation sites (tertiary alicyclic amines) is 1. The van der Waals surface area contributed by atoms with Crippen molar-refractivity contribution >= 4 is 5.97 Å². The third-order valence-corrected chi connectivity index (χ3v) is 4.62. The number of nitrogens with zero attached hydrogens (tertiary/aromatic N) is 2. The Labute approximate surface area is 142 Å². The Bertz CT molecular complexity index is 734. The van der Waals surface area contributed by atoms with Gasteiger partial charge in [0.15, 0.2) is 0 Å². The topological polar surface area (TPSA) is 53.3 Å². The molecule has 1 aliphatic rings. The van der Waals surface area contributed by atoms with Gasteiger partial charge in [0.1, 0.15) is 0 Å². The summed E-state index contributed by atoms with van der Waals surface area (Å²) in [7, 11) is 1.44. The standard InChI is InChI=1S/C20H20N2O2/c1-24-20(23)19-14-22(12-16-5-3-2-4-6-16)13-18(19)17-9-7-15(11-21)8-10-17/h2-10,18-19H,12-14H2,1H3/t18?,19-/m1/s1. The molecule has 1 fully saturated rings. The average molecular weight is 320 g/mol. The Kier molecular flexibility index (Phi) is 4.93. The van der Waals surface area contributed by atoms with Crippen LogP contribution in [0, 0.1) is 17.2 Å². The molecule has 1 unspecified atom stereocenters. The Morgan fingerprint density at radius 1 is 1.17 bits per heavy atom. The van der Waals surface area contributed by atoms with Crippen molar-refractivity contribution in [2.45, 2.75) is 12.5 Å². The highest BCUT2D eigenvalue weighted by Crippen LogP contribution is 2.34. The molecule has 0 aliphatic carbocycles. The van der Waals surface area contributed by atoms with E-state index in [1.165, 1.54) is 12.7 Å². The van der Waals surface area contributed by atoms with Crippen LogP contribution in [0.1, 0.15) is 22.6 Å². The quantitative estimate of drug-likeness (QED) is 0.813. The van der Waals surface area contributed by atoms with Gasteiger partial charge in [-0.1, -0.05) is 42.5 Å². The van der Waals surface area contributed by atoms with E-state index in [1.54, 1.807) is 0 Å². The molecule has 0 bridgehead atoms. The smallest absolute Gasteiger partial charge is 0.310 e. The summed E-state index contributed by atoms with van der Waals surface area (Å²) < 4.78 is 5.01. The number of rotatable bonds is 4. The fourth-order valence-electron chi connectivity index (χ4n) is 3.39. The third-order valence-electron chi connectivity index (χ3n) is 4.62. The van der Waals surface area contributed by atoms with E-state index in [1.807, 2.05) is 42.5 Å². The molecule has 0 radical (unpaired) electrons. The minimum atomic E-state index is -0.174. The van der Waals surface area contributed by atoms with Crippen molar-refractivity contribution in [1.82, 2.24) is 4.90 Å². The molecule has 2 aromatic carbocycles. The number of nitriles is 1. The summed E-state index contributed by atoms with van der Waals surface area (Å²) in [4.78, 5) is 14.5. The maximum Gasteiger partial charge on any atom is 0.310 e. The lowest BCUT2D eigenvalue weighted by Gasteiger charge is -2.17. The highest BCUT2D eigenvalue weighted by Gasteiger charge is 2.39.